The van der Waals surface area contributed by atoms with Gasteiger partial charge in [0.25, 0.3) is 11.8 Å². The zero-order valence-corrected chi connectivity index (χ0v) is 20.4. The Balaban J connectivity index is 1.49. The first kappa shape index (κ1) is 24.2. The normalized spacial score (nSPS) is 26.4. The van der Waals surface area contributed by atoms with E-state index < -0.39 is 29.2 Å². The lowest BCUT2D eigenvalue weighted by atomic mass is 10.0. The first-order chi connectivity index (χ1) is 16.1. The van der Waals surface area contributed by atoms with Crippen LogP contribution in [0.5, 0.6) is 0 Å². The maximum absolute atomic E-state index is 12.9. The fourth-order valence-electron chi connectivity index (χ4n) is 3.93. The van der Waals surface area contributed by atoms with Crippen LogP contribution in [0.1, 0.15) is 12.1 Å². The fraction of sp³-hybridized carbons (Fsp3) is 0.450. The number of fused-ring (bicyclic) bond motifs is 1. The zero-order chi connectivity index (χ0) is 24.6. The van der Waals surface area contributed by atoms with Crippen molar-refractivity contribution in [1.82, 2.24) is 15.2 Å². The number of hydrogen-bond donors (Lipinski definition) is 2. The number of carbonyl (C=O) groups excluding carboxylic acids is 3. The second-order valence-corrected chi connectivity index (χ2v) is 10.3. The number of nitrogen functional groups attached to an aromatic ring is 1. The van der Waals surface area contributed by atoms with Gasteiger partial charge in [-0.25, -0.2) is 4.98 Å². The lowest BCUT2D eigenvalue weighted by Crippen LogP contribution is -2.71. The van der Waals surface area contributed by atoms with Crippen LogP contribution in [0.2, 0.25) is 0 Å². The Kier molecular flexibility index (Phi) is 6.66. The minimum Gasteiger partial charge on any atom is -0.543 e. The second-order valence-electron chi connectivity index (χ2n) is 8.30. The van der Waals surface area contributed by atoms with E-state index in [0.717, 1.165) is 29.2 Å². The molecule has 3 N–H and O–H groups in total. The summed E-state index contributed by atoms with van der Waals surface area (Å²) in [7, 11) is 5.17. The quantitative estimate of drug-likeness (QED) is 0.200. The molecule has 2 fully saturated rings. The highest BCUT2D eigenvalue weighted by Crippen LogP contribution is 2.40. The summed E-state index contributed by atoms with van der Waals surface area (Å²) >= 11 is 2.47. The smallest absolute Gasteiger partial charge is 0.276 e. The number of quaternary nitrogens is 1. The van der Waals surface area contributed by atoms with E-state index in [0.29, 0.717) is 16.0 Å². The molecule has 3 aliphatic heterocycles. The average Bonchev–Trinajstić information content (AvgIpc) is 3.37. The number of amides is 2. The number of thiazole rings is 1. The predicted molar refractivity (Wildman–Crippen MR) is 123 cm³/mol. The van der Waals surface area contributed by atoms with Gasteiger partial charge in [0, 0.05) is 17.6 Å². The molecule has 182 valence electrons. The Bertz CT molecular complexity index is 1110. The lowest BCUT2D eigenvalue weighted by molar-refractivity contribution is -1.06. The van der Waals surface area contributed by atoms with Crippen molar-refractivity contribution in [2.75, 3.05) is 39.2 Å². The van der Waals surface area contributed by atoms with Gasteiger partial charge in [-0.05, 0) is 11.6 Å². The first-order valence-electron chi connectivity index (χ1n) is 10.3. The standard InChI is InChI=1S/C20H24N6O6S2/c1-26(2)7-6-11(32-26)5-4-10-8-33-18-14(17(28)25(18)15(10)19(29)30)23-16(27)13(24-31-3)12-9-34-20(21)22-12/h4-5,9,11,14,18H,6-8H2,1-3H3,(H3-,21,22,23,27,29,30)/b5-4+,24-13-. The molecule has 2 amide bonds. The number of allylic oxidation sites excluding steroid dienone is 1. The van der Waals surface area contributed by atoms with Crippen molar-refractivity contribution in [3.63, 3.8) is 0 Å². The molecular formula is C20H24N6O6S2. The molecule has 3 atom stereocenters. The largest absolute Gasteiger partial charge is 0.543 e. The molecule has 4 heterocycles. The number of carboxylic acids is 1. The van der Waals surface area contributed by atoms with E-state index in [-0.39, 0.29) is 28.3 Å². The van der Waals surface area contributed by atoms with Gasteiger partial charge in [0.1, 0.15) is 36.9 Å². The Morgan fingerprint density at radius 3 is 2.82 bits per heavy atom. The van der Waals surface area contributed by atoms with E-state index in [4.69, 9.17) is 15.4 Å². The molecule has 0 saturated carbocycles. The van der Waals surface area contributed by atoms with Crippen LogP contribution in [0.3, 0.4) is 0 Å². The molecule has 0 spiro atoms. The fourth-order valence-corrected chi connectivity index (χ4v) is 5.79. The van der Waals surface area contributed by atoms with Crippen LogP contribution in [0.4, 0.5) is 5.13 Å². The maximum atomic E-state index is 12.9. The van der Waals surface area contributed by atoms with Crippen LogP contribution in [0.15, 0.2) is 34.0 Å². The summed E-state index contributed by atoms with van der Waals surface area (Å²) in [5.41, 5.74) is 5.96. The van der Waals surface area contributed by atoms with Crippen molar-refractivity contribution in [2.45, 2.75) is 23.9 Å². The van der Waals surface area contributed by atoms with Gasteiger partial charge in [-0.1, -0.05) is 11.2 Å². The summed E-state index contributed by atoms with van der Waals surface area (Å²) in [6, 6.07) is -0.938. The summed E-state index contributed by atoms with van der Waals surface area (Å²) in [6.45, 7) is 0.839. The second kappa shape index (κ2) is 9.37. The van der Waals surface area contributed by atoms with E-state index >= 15 is 0 Å². The topological polar surface area (TPSA) is 159 Å². The summed E-state index contributed by atoms with van der Waals surface area (Å²) in [6.07, 6.45) is 4.15. The van der Waals surface area contributed by atoms with Gasteiger partial charge in [-0.3, -0.25) is 14.5 Å². The molecule has 1 aromatic rings. The number of rotatable bonds is 7. The first-order valence-corrected chi connectivity index (χ1v) is 12.3. The van der Waals surface area contributed by atoms with Crippen molar-refractivity contribution in [1.29, 1.82) is 0 Å². The number of oxime groups is 1. The Hall–Kier alpha value is -2.94. The maximum Gasteiger partial charge on any atom is 0.276 e. The minimum atomic E-state index is -1.45. The molecule has 4 rings (SSSR count). The molecule has 3 aliphatic rings. The van der Waals surface area contributed by atoms with E-state index in [2.05, 4.69) is 15.5 Å². The number of anilines is 1. The van der Waals surface area contributed by atoms with Crippen LogP contribution >= 0.6 is 23.1 Å². The highest BCUT2D eigenvalue weighted by Gasteiger charge is 2.53. The van der Waals surface area contributed by atoms with Gasteiger partial charge in [0.15, 0.2) is 10.8 Å². The number of thioether (sulfide) groups is 1. The van der Waals surface area contributed by atoms with Gasteiger partial charge in [-0.2, -0.15) is 9.48 Å². The number of nitrogens with two attached hydrogens (primary N) is 1. The summed E-state index contributed by atoms with van der Waals surface area (Å²) in [5, 5.41) is 19.4. The molecule has 34 heavy (non-hydrogen) atoms. The Morgan fingerprint density at radius 1 is 1.47 bits per heavy atom. The van der Waals surface area contributed by atoms with E-state index in [1.54, 1.807) is 11.5 Å². The molecule has 2 saturated heterocycles. The molecule has 3 unspecified atom stereocenters. The number of aromatic nitrogens is 1. The van der Waals surface area contributed by atoms with Gasteiger partial charge in [0.2, 0.25) is 0 Å². The number of carboxylic acid groups (broad SMARTS) is 1. The number of hydroxylamine groups is 3. The monoisotopic (exact) mass is 508 g/mol. The number of hydrogen-bond acceptors (Lipinski definition) is 11. The third-order valence-corrected chi connectivity index (χ3v) is 7.50. The van der Waals surface area contributed by atoms with E-state index in [9.17, 15) is 19.5 Å². The number of β-lactam (4-membered cyclic amide) rings is 1. The highest BCUT2D eigenvalue weighted by atomic mass is 32.2. The zero-order valence-electron chi connectivity index (χ0n) is 18.7. The molecule has 12 nitrogen and oxygen atoms in total. The van der Waals surface area contributed by atoms with Crippen molar-refractivity contribution < 1.29 is 33.8 Å². The average molecular weight is 509 g/mol. The third-order valence-electron chi connectivity index (χ3n) is 5.52. The van der Waals surface area contributed by atoms with Crippen LogP contribution in [0.25, 0.3) is 0 Å². The van der Waals surface area contributed by atoms with Crippen LogP contribution in [-0.4, -0.2) is 89.0 Å². The van der Waals surface area contributed by atoms with Gasteiger partial charge >= 0.3 is 0 Å². The lowest BCUT2D eigenvalue weighted by Gasteiger charge is -2.50. The van der Waals surface area contributed by atoms with Crippen molar-refractivity contribution in [2.24, 2.45) is 5.16 Å². The molecular weight excluding hydrogens is 484 g/mol. The molecule has 14 heteroatoms. The number of nitrogens with zero attached hydrogens (tertiary/aromatic N) is 4. The summed E-state index contributed by atoms with van der Waals surface area (Å²) in [5.74, 6) is -2.37. The van der Waals surface area contributed by atoms with E-state index in [1.165, 1.54) is 18.9 Å². The molecule has 0 radical (unpaired) electrons. The van der Waals surface area contributed by atoms with Crippen molar-refractivity contribution in [3.05, 3.63) is 34.5 Å². The van der Waals surface area contributed by atoms with Gasteiger partial charge in [-0.15, -0.1) is 23.1 Å². The third kappa shape index (κ3) is 4.66. The van der Waals surface area contributed by atoms with Crippen molar-refractivity contribution in [3.8, 4) is 0 Å². The molecule has 0 aliphatic carbocycles. The highest BCUT2D eigenvalue weighted by molar-refractivity contribution is 8.00. The molecule has 0 aromatic carbocycles. The number of aliphatic carboxylic acids is 1. The van der Waals surface area contributed by atoms with Crippen LogP contribution in [-0.2, 0) is 24.1 Å². The van der Waals surface area contributed by atoms with E-state index in [1.807, 2.05) is 20.2 Å². The molecule has 1 aromatic heterocycles. The Labute approximate surface area is 203 Å². The van der Waals surface area contributed by atoms with Gasteiger partial charge in [0.05, 0.1) is 25.8 Å². The minimum absolute atomic E-state index is 0.139. The van der Waals surface area contributed by atoms with Crippen LogP contribution in [0, 0.1) is 0 Å². The van der Waals surface area contributed by atoms with Crippen LogP contribution < -0.4 is 16.2 Å². The summed E-state index contributed by atoms with van der Waals surface area (Å²) < 4.78 is 0.423. The Morgan fingerprint density at radius 2 is 2.24 bits per heavy atom. The van der Waals surface area contributed by atoms with Gasteiger partial charge < -0.3 is 25.8 Å². The predicted octanol–water partition coefficient (Wildman–Crippen LogP) is -1.18. The summed E-state index contributed by atoms with van der Waals surface area (Å²) in [4.78, 5) is 53.4. The van der Waals surface area contributed by atoms with Crippen molar-refractivity contribution >= 4 is 51.7 Å². The SMILES string of the molecule is CO/N=C(\C(=O)NC1C(=O)N2C(C(=O)[O-])=C(/C=C/C3CC[N+](C)(C)O3)CSC12)c1csc(N)n1. The number of nitrogens with one attached hydrogen (secondary N) is 1. The molecule has 0 bridgehead atoms. The number of carbonyl (C=O) groups is 3.